The van der Waals surface area contributed by atoms with Crippen LogP contribution in [0.5, 0.6) is 5.75 Å². The smallest absolute Gasteiger partial charge is 0.123 e. The second kappa shape index (κ2) is 7.49. The Morgan fingerprint density at radius 3 is 2.42 bits per heavy atom. The molecule has 19 heavy (non-hydrogen) atoms. The summed E-state index contributed by atoms with van der Waals surface area (Å²) in [5.74, 6) is 1.89. The van der Waals surface area contributed by atoms with Gasteiger partial charge < -0.3 is 10.1 Å². The average molecular weight is 267 g/mol. The van der Waals surface area contributed by atoms with E-state index in [1.807, 2.05) is 0 Å². The minimum absolute atomic E-state index is 0.204. The fourth-order valence-corrected chi connectivity index (χ4v) is 2.14. The van der Waals surface area contributed by atoms with Gasteiger partial charge in [-0.3, -0.25) is 0 Å². The summed E-state index contributed by atoms with van der Waals surface area (Å²) in [6.07, 6.45) is 0. The predicted molar refractivity (Wildman–Crippen MR) is 78.2 cm³/mol. The van der Waals surface area contributed by atoms with E-state index in [1.165, 1.54) is 6.07 Å². The van der Waals surface area contributed by atoms with Gasteiger partial charge in [-0.2, -0.15) is 0 Å². The maximum atomic E-state index is 13.4. The molecule has 2 atom stereocenters. The molecule has 0 aliphatic rings. The van der Waals surface area contributed by atoms with E-state index in [4.69, 9.17) is 4.74 Å². The lowest BCUT2D eigenvalue weighted by molar-refractivity contribution is 0.384. The van der Waals surface area contributed by atoms with Crippen molar-refractivity contribution in [3.05, 3.63) is 29.6 Å². The zero-order valence-corrected chi connectivity index (χ0v) is 12.7. The fraction of sp³-hybridized carbons (Fsp3) is 0.625. The molecule has 0 aromatic heterocycles. The summed E-state index contributed by atoms with van der Waals surface area (Å²) < 4.78 is 18.7. The van der Waals surface area contributed by atoms with Crippen molar-refractivity contribution in [3.8, 4) is 5.75 Å². The standard InChI is InChI=1S/C16H26FNO/c1-11(2)9-18-10-12(3)13(4)15-8-14(17)6-7-16(15)19-5/h6-8,11-13,18H,9-10H2,1-5H3. The third kappa shape index (κ3) is 4.83. The van der Waals surface area contributed by atoms with Gasteiger partial charge in [-0.05, 0) is 49.0 Å². The van der Waals surface area contributed by atoms with Gasteiger partial charge in [0, 0.05) is 5.56 Å². The lowest BCUT2D eigenvalue weighted by Gasteiger charge is -2.23. The highest BCUT2D eigenvalue weighted by Gasteiger charge is 2.18. The molecule has 0 aliphatic heterocycles. The second-order valence-electron chi connectivity index (χ2n) is 5.70. The molecular weight excluding hydrogens is 241 g/mol. The monoisotopic (exact) mass is 267 g/mol. The van der Waals surface area contributed by atoms with Crippen LogP contribution >= 0.6 is 0 Å². The van der Waals surface area contributed by atoms with Crippen molar-refractivity contribution in [2.45, 2.75) is 33.6 Å². The Kier molecular flexibility index (Phi) is 6.29. The Morgan fingerprint density at radius 1 is 1.16 bits per heavy atom. The molecule has 108 valence electrons. The van der Waals surface area contributed by atoms with E-state index in [2.05, 4.69) is 33.0 Å². The van der Waals surface area contributed by atoms with E-state index in [-0.39, 0.29) is 11.7 Å². The Morgan fingerprint density at radius 2 is 1.84 bits per heavy atom. The third-order valence-electron chi connectivity index (χ3n) is 3.55. The Bertz CT molecular complexity index is 392. The van der Waals surface area contributed by atoms with Crippen LogP contribution in [-0.4, -0.2) is 20.2 Å². The molecule has 0 amide bonds. The van der Waals surface area contributed by atoms with Crippen molar-refractivity contribution in [2.24, 2.45) is 11.8 Å². The molecule has 1 rings (SSSR count). The lowest BCUT2D eigenvalue weighted by Crippen LogP contribution is -2.27. The molecule has 0 heterocycles. The van der Waals surface area contributed by atoms with Gasteiger partial charge in [0.2, 0.25) is 0 Å². The molecule has 0 bridgehead atoms. The van der Waals surface area contributed by atoms with Gasteiger partial charge in [-0.1, -0.05) is 27.7 Å². The van der Waals surface area contributed by atoms with Crippen molar-refractivity contribution in [2.75, 3.05) is 20.2 Å². The summed E-state index contributed by atoms with van der Waals surface area (Å²) >= 11 is 0. The normalized spacial score (nSPS) is 14.5. The topological polar surface area (TPSA) is 21.3 Å². The van der Waals surface area contributed by atoms with Crippen molar-refractivity contribution < 1.29 is 9.13 Å². The third-order valence-corrected chi connectivity index (χ3v) is 3.55. The van der Waals surface area contributed by atoms with E-state index in [0.29, 0.717) is 11.8 Å². The number of nitrogens with one attached hydrogen (secondary N) is 1. The molecule has 0 aliphatic carbocycles. The number of methoxy groups -OCH3 is 1. The van der Waals surface area contributed by atoms with Crippen molar-refractivity contribution >= 4 is 0 Å². The van der Waals surface area contributed by atoms with Crippen LogP contribution in [0.15, 0.2) is 18.2 Å². The summed E-state index contributed by atoms with van der Waals surface area (Å²) in [4.78, 5) is 0. The Labute approximate surface area is 116 Å². The Hall–Kier alpha value is -1.09. The number of rotatable bonds is 7. The zero-order valence-electron chi connectivity index (χ0n) is 12.7. The van der Waals surface area contributed by atoms with E-state index < -0.39 is 0 Å². The van der Waals surface area contributed by atoms with Crippen LogP contribution in [0.2, 0.25) is 0 Å². The van der Waals surface area contributed by atoms with Crippen LogP contribution in [0.1, 0.15) is 39.2 Å². The van der Waals surface area contributed by atoms with Gasteiger partial charge in [-0.15, -0.1) is 0 Å². The van der Waals surface area contributed by atoms with Crippen LogP contribution < -0.4 is 10.1 Å². The summed E-state index contributed by atoms with van der Waals surface area (Å²) in [6.45, 7) is 10.6. The second-order valence-corrected chi connectivity index (χ2v) is 5.70. The van der Waals surface area contributed by atoms with Crippen LogP contribution in [0.3, 0.4) is 0 Å². The molecule has 0 spiro atoms. The summed E-state index contributed by atoms with van der Waals surface area (Å²) in [6, 6.07) is 4.73. The SMILES string of the molecule is COc1ccc(F)cc1C(C)C(C)CNCC(C)C. The quantitative estimate of drug-likeness (QED) is 0.811. The van der Waals surface area contributed by atoms with Gasteiger partial charge in [-0.25, -0.2) is 4.39 Å². The first-order valence-electron chi connectivity index (χ1n) is 6.99. The molecule has 1 N–H and O–H groups in total. The first-order valence-corrected chi connectivity index (χ1v) is 6.99. The molecule has 2 unspecified atom stereocenters. The van der Waals surface area contributed by atoms with Crippen molar-refractivity contribution in [1.82, 2.24) is 5.32 Å². The first kappa shape index (κ1) is 16.0. The van der Waals surface area contributed by atoms with Gasteiger partial charge in [0.25, 0.3) is 0 Å². The maximum Gasteiger partial charge on any atom is 0.123 e. The molecule has 2 nitrogen and oxygen atoms in total. The van der Waals surface area contributed by atoms with Crippen LogP contribution in [0, 0.1) is 17.7 Å². The van der Waals surface area contributed by atoms with E-state index in [9.17, 15) is 4.39 Å². The van der Waals surface area contributed by atoms with Crippen LogP contribution in [0.25, 0.3) is 0 Å². The highest BCUT2D eigenvalue weighted by atomic mass is 19.1. The lowest BCUT2D eigenvalue weighted by atomic mass is 9.88. The number of halogens is 1. The zero-order chi connectivity index (χ0) is 14.4. The van der Waals surface area contributed by atoms with E-state index >= 15 is 0 Å². The highest BCUT2D eigenvalue weighted by Crippen LogP contribution is 2.32. The number of benzene rings is 1. The minimum Gasteiger partial charge on any atom is -0.496 e. The molecule has 0 saturated heterocycles. The van der Waals surface area contributed by atoms with E-state index in [0.717, 1.165) is 24.4 Å². The molecule has 0 radical (unpaired) electrons. The molecule has 0 fully saturated rings. The first-order chi connectivity index (χ1) is 8.95. The van der Waals surface area contributed by atoms with Crippen LogP contribution in [-0.2, 0) is 0 Å². The van der Waals surface area contributed by atoms with Gasteiger partial charge in [0.05, 0.1) is 7.11 Å². The molecule has 1 aromatic rings. The fourth-order valence-electron chi connectivity index (χ4n) is 2.14. The van der Waals surface area contributed by atoms with Crippen molar-refractivity contribution in [3.63, 3.8) is 0 Å². The highest BCUT2D eigenvalue weighted by molar-refractivity contribution is 5.36. The molecule has 1 aromatic carbocycles. The van der Waals surface area contributed by atoms with Gasteiger partial charge >= 0.3 is 0 Å². The maximum absolute atomic E-state index is 13.4. The summed E-state index contributed by atoms with van der Waals surface area (Å²) in [7, 11) is 1.63. The minimum atomic E-state index is -0.204. The molecule has 3 heteroatoms. The summed E-state index contributed by atoms with van der Waals surface area (Å²) in [5, 5.41) is 3.45. The molecule has 0 saturated carbocycles. The number of ether oxygens (including phenoxy) is 1. The predicted octanol–water partition coefficient (Wildman–Crippen LogP) is 3.82. The van der Waals surface area contributed by atoms with Crippen molar-refractivity contribution in [1.29, 1.82) is 0 Å². The van der Waals surface area contributed by atoms with E-state index in [1.54, 1.807) is 19.2 Å². The van der Waals surface area contributed by atoms with Gasteiger partial charge in [0.15, 0.2) is 0 Å². The largest absolute Gasteiger partial charge is 0.496 e. The number of hydrogen-bond donors (Lipinski definition) is 1. The van der Waals surface area contributed by atoms with Crippen LogP contribution in [0.4, 0.5) is 4.39 Å². The van der Waals surface area contributed by atoms with Gasteiger partial charge in [0.1, 0.15) is 11.6 Å². The number of hydrogen-bond acceptors (Lipinski definition) is 2. The molecular formula is C16H26FNO. The Balaban J connectivity index is 2.70. The average Bonchev–Trinajstić information content (AvgIpc) is 2.37. The summed E-state index contributed by atoms with van der Waals surface area (Å²) in [5.41, 5.74) is 0.946.